The SMILES string of the molecule is O=C(O)N1CCCC1CNc1cccc(F)c1. The highest BCUT2D eigenvalue weighted by Crippen LogP contribution is 2.18. The zero-order valence-corrected chi connectivity index (χ0v) is 9.40. The van der Waals surface area contributed by atoms with Gasteiger partial charge in [0.1, 0.15) is 5.82 Å². The van der Waals surface area contributed by atoms with E-state index in [1.54, 1.807) is 12.1 Å². The summed E-state index contributed by atoms with van der Waals surface area (Å²) >= 11 is 0. The summed E-state index contributed by atoms with van der Waals surface area (Å²) in [7, 11) is 0. The van der Waals surface area contributed by atoms with Gasteiger partial charge in [0.2, 0.25) is 0 Å². The molecule has 0 saturated carbocycles. The average molecular weight is 238 g/mol. The Balaban J connectivity index is 1.91. The average Bonchev–Trinajstić information content (AvgIpc) is 2.74. The highest BCUT2D eigenvalue weighted by atomic mass is 19.1. The van der Waals surface area contributed by atoms with Crippen molar-refractivity contribution in [3.63, 3.8) is 0 Å². The number of rotatable bonds is 3. The van der Waals surface area contributed by atoms with Crippen LogP contribution in [0.5, 0.6) is 0 Å². The molecule has 2 N–H and O–H groups in total. The van der Waals surface area contributed by atoms with E-state index in [2.05, 4.69) is 5.32 Å². The highest BCUT2D eigenvalue weighted by Gasteiger charge is 2.27. The molecule has 0 spiro atoms. The number of carboxylic acid groups (broad SMARTS) is 1. The molecule has 1 amide bonds. The van der Waals surface area contributed by atoms with Crippen LogP contribution in [0.25, 0.3) is 0 Å². The van der Waals surface area contributed by atoms with Crippen molar-refractivity contribution in [1.82, 2.24) is 4.90 Å². The van der Waals surface area contributed by atoms with E-state index in [4.69, 9.17) is 5.11 Å². The standard InChI is InChI=1S/C12H15FN2O2/c13-9-3-1-4-10(7-9)14-8-11-5-2-6-15(11)12(16)17/h1,3-4,7,11,14H,2,5-6,8H2,(H,16,17). The van der Waals surface area contributed by atoms with E-state index >= 15 is 0 Å². The van der Waals surface area contributed by atoms with Crippen molar-refractivity contribution >= 4 is 11.8 Å². The molecule has 0 aliphatic carbocycles. The Morgan fingerprint density at radius 3 is 3.12 bits per heavy atom. The quantitative estimate of drug-likeness (QED) is 0.850. The van der Waals surface area contributed by atoms with Crippen molar-refractivity contribution in [2.75, 3.05) is 18.4 Å². The minimum Gasteiger partial charge on any atom is -0.465 e. The number of halogens is 1. The van der Waals surface area contributed by atoms with Crippen LogP contribution in [0, 0.1) is 5.82 Å². The molecule has 1 fully saturated rings. The fourth-order valence-corrected chi connectivity index (χ4v) is 2.13. The minimum atomic E-state index is -0.881. The van der Waals surface area contributed by atoms with Crippen molar-refractivity contribution in [3.8, 4) is 0 Å². The molecule has 0 aromatic heterocycles. The van der Waals surface area contributed by atoms with Crippen LogP contribution >= 0.6 is 0 Å². The topological polar surface area (TPSA) is 52.6 Å². The van der Waals surface area contributed by atoms with Gasteiger partial charge in [0.05, 0.1) is 6.04 Å². The molecule has 1 atom stereocenters. The van der Waals surface area contributed by atoms with Crippen LogP contribution in [-0.4, -0.2) is 35.2 Å². The molecule has 1 saturated heterocycles. The van der Waals surface area contributed by atoms with Gasteiger partial charge in [0, 0.05) is 18.8 Å². The Bertz CT molecular complexity index is 411. The van der Waals surface area contributed by atoms with E-state index in [0.29, 0.717) is 18.8 Å². The molecule has 2 rings (SSSR count). The van der Waals surface area contributed by atoms with Crippen molar-refractivity contribution < 1.29 is 14.3 Å². The van der Waals surface area contributed by atoms with Gasteiger partial charge in [0.15, 0.2) is 0 Å². The molecule has 0 bridgehead atoms. The Morgan fingerprint density at radius 2 is 2.41 bits per heavy atom. The molecule has 0 radical (unpaired) electrons. The number of benzene rings is 1. The maximum absolute atomic E-state index is 12.9. The summed E-state index contributed by atoms with van der Waals surface area (Å²) in [5, 5.41) is 12.0. The van der Waals surface area contributed by atoms with E-state index in [-0.39, 0.29) is 11.9 Å². The van der Waals surface area contributed by atoms with Gasteiger partial charge in [-0.15, -0.1) is 0 Å². The summed E-state index contributed by atoms with van der Waals surface area (Å²) in [6, 6.07) is 6.16. The number of likely N-dealkylation sites (tertiary alicyclic amines) is 1. The third-order valence-electron chi connectivity index (χ3n) is 2.99. The first-order valence-corrected chi connectivity index (χ1v) is 5.66. The van der Waals surface area contributed by atoms with E-state index < -0.39 is 6.09 Å². The van der Waals surface area contributed by atoms with Crippen LogP contribution in [0.1, 0.15) is 12.8 Å². The number of amides is 1. The number of nitrogens with zero attached hydrogens (tertiary/aromatic N) is 1. The van der Waals surface area contributed by atoms with Gasteiger partial charge in [-0.25, -0.2) is 9.18 Å². The smallest absolute Gasteiger partial charge is 0.407 e. The molecule has 1 aliphatic rings. The third kappa shape index (κ3) is 2.87. The maximum atomic E-state index is 12.9. The van der Waals surface area contributed by atoms with Gasteiger partial charge >= 0.3 is 6.09 Å². The van der Waals surface area contributed by atoms with Crippen molar-refractivity contribution in [2.45, 2.75) is 18.9 Å². The molecule has 1 aliphatic heterocycles. The Labute approximate surface area is 99.0 Å². The lowest BCUT2D eigenvalue weighted by molar-refractivity contribution is 0.142. The zero-order valence-electron chi connectivity index (χ0n) is 9.40. The second-order valence-electron chi connectivity index (χ2n) is 4.16. The van der Waals surface area contributed by atoms with Crippen molar-refractivity contribution in [1.29, 1.82) is 0 Å². The molecular formula is C12H15FN2O2. The summed E-state index contributed by atoms with van der Waals surface area (Å²) < 4.78 is 12.9. The lowest BCUT2D eigenvalue weighted by Crippen LogP contribution is -2.38. The van der Waals surface area contributed by atoms with Crippen LogP contribution in [0.15, 0.2) is 24.3 Å². The van der Waals surface area contributed by atoms with E-state index in [1.165, 1.54) is 17.0 Å². The Morgan fingerprint density at radius 1 is 1.59 bits per heavy atom. The lowest BCUT2D eigenvalue weighted by atomic mass is 10.2. The number of hydrogen-bond donors (Lipinski definition) is 2. The highest BCUT2D eigenvalue weighted by molar-refractivity contribution is 5.66. The summed E-state index contributed by atoms with van der Waals surface area (Å²) in [6.07, 6.45) is 0.865. The Hall–Kier alpha value is -1.78. The van der Waals surface area contributed by atoms with Crippen LogP contribution < -0.4 is 5.32 Å². The fraction of sp³-hybridized carbons (Fsp3) is 0.417. The molecule has 1 aromatic rings. The van der Waals surface area contributed by atoms with E-state index in [9.17, 15) is 9.18 Å². The lowest BCUT2D eigenvalue weighted by Gasteiger charge is -2.22. The number of nitrogens with one attached hydrogen (secondary N) is 1. The first-order valence-electron chi connectivity index (χ1n) is 5.66. The minimum absolute atomic E-state index is 0.0178. The zero-order chi connectivity index (χ0) is 12.3. The Kier molecular flexibility index (Phi) is 3.46. The number of hydrogen-bond acceptors (Lipinski definition) is 2. The first-order chi connectivity index (χ1) is 8.16. The molecule has 1 heterocycles. The van der Waals surface area contributed by atoms with Gasteiger partial charge in [-0.05, 0) is 31.0 Å². The summed E-state index contributed by atoms with van der Waals surface area (Å²) in [6.45, 7) is 1.11. The molecule has 92 valence electrons. The largest absolute Gasteiger partial charge is 0.465 e. The summed E-state index contributed by atoms with van der Waals surface area (Å²) in [4.78, 5) is 12.4. The summed E-state index contributed by atoms with van der Waals surface area (Å²) in [5.41, 5.74) is 0.683. The first kappa shape index (κ1) is 11.7. The molecule has 5 heteroatoms. The normalized spacial score (nSPS) is 19.4. The van der Waals surface area contributed by atoms with Crippen LogP contribution in [-0.2, 0) is 0 Å². The predicted octanol–water partition coefficient (Wildman–Crippen LogP) is 2.38. The second kappa shape index (κ2) is 5.03. The van der Waals surface area contributed by atoms with Crippen LogP contribution in [0.4, 0.5) is 14.9 Å². The van der Waals surface area contributed by atoms with Gasteiger partial charge < -0.3 is 15.3 Å². The van der Waals surface area contributed by atoms with Crippen LogP contribution in [0.3, 0.4) is 0 Å². The maximum Gasteiger partial charge on any atom is 0.407 e. The second-order valence-corrected chi connectivity index (χ2v) is 4.16. The molecule has 4 nitrogen and oxygen atoms in total. The summed E-state index contributed by atoms with van der Waals surface area (Å²) in [5.74, 6) is -0.295. The van der Waals surface area contributed by atoms with Crippen LogP contribution in [0.2, 0.25) is 0 Å². The number of carbonyl (C=O) groups is 1. The van der Waals surface area contributed by atoms with Gasteiger partial charge in [-0.1, -0.05) is 6.07 Å². The predicted molar refractivity (Wildman–Crippen MR) is 62.6 cm³/mol. The molecule has 17 heavy (non-hydrogen) atoms. The van der Waals surface area contributed by atoms with E-state index in [1.807, 2.05) is 0 Å². The van der Waals surface area contributed by atoms with Gasteiger partial charge in [0.25, 0.3) is 0 Å². The van der Waals surface area contributed by atoms with Crippen molar-refractivity contribution in [2.24, 2.45) is 0 Å². The molecule has 1 aromatic carbocycles. The fourth-order valence-electron chi connectivity index (χ4n) is 2.13. The van der Waals surface area contributed by atoms with E-state index in [0.717, 1.165) is 12.8 Å². The molecular weight excluding hydrogens is 223 g/mol. The van der Waals surface area contributed by atoms with Gasteiger partial charge in [-0.3, -0.25) is 0 Å². The third-order valence-corrected chi connectivity index (χ3v) is 2.99. The monoisotopic (exact) mass is 238 g/mol. The van der Waals surface area contributed by atoms with Crippen molar-refractivity contribution in [3.05, 3.63) is 30.1 Å². The molecule has 1 unspecified atom stereocenters. The van der Waals surface area contributed by atoms with Gasteiger partial charge in [-0.2, -0.15) is 0 Å². The number of anilines is 1.